The quantitative estimate of drug-likeness (QED) is 0.690. The van der Waals surface area contributed by atoms with E-state index in [1.54, 1.807) is 18.2 Å². The van der Waals surface area contributed by atoms with Gasteiger partial charge in [0.2, 0.25) is 0 Å². The van der Waals surface area contributed by atoms with Gasteiger partial charge >= 0.3 is 0 Å². The lowest BCUT2D eigenvalue weighted by atomic mass is 10.2. The number of nitrogens with two attached hydrogens (primary N) is 1. The topological polar surface area (TPSA) is 64.1 Å². The SMILES string of the molecule is Cc1ccc(Nc2nc3cc(N)ccc3o2)c(Cl)c1. The minimum Gasteiger partial charge on any atom is -0.423 e. The number of hydrogen-bond acceptors (Lipinski definition) is 4. The Hall–Kier alpha value is -2.20. The molecule has 0 saturated carbocycles. The fourth-order valence-corrected chi connectivity index (χ4v) is 2.12. The van der Waals surface area contributed by atoms with Crippen LogP contribution in [0.4, 0.5) is 17.4 Å². The lowest BCUT2D eigenvalue weighted by molar-refractivity contribution is 0.623. The van der Waals surface area contributed by atoms with Crippen LogP contribution < -0.4 is 11.1 Å². The predicted octanol–water partition coefficient (Wildman–Crippen LogP) is 4.12. The molecule has 0 radical (unpaired) electrons. The van der Waals surface area contributed by atoms with Crippen molar-refractivity contribution in [3.63, 3.8) is 0 Å². The van der Waals surface area contributed by atoms with Gasteiger partial charge in [0.25, 0.3) is 6.01 Å². The maximum Gasteiger partial charge on any atom is 0.300 e. The summed E-state index contributed by atoms with van der Waals surface area (Å²) in [6.45, 7) is 1.98. The van der Waals surface area contributed by atoms with Crippen LogP contribution in [0, 0.1) is 6.92 Å². The van der Waals surface area contributed by atoms with E-state index in [2.05, 4.69) is 10.3 Å². The van der Waals surface area contributed by atoms with Crippen molar-refractivity contribution >= 4 is 40.1 Å². The van der Waals surface area contributed by atoms with E-state index >= 15 is 0 Å². The number of hydrogen-bond donors (Lipinski definition) is 2. The number of aryl methyl sites for hydroxylation is 1. The molecule has 0 aliphatic rings. The molecular formula is C14H12ClN3O. The summed E-state index contributed by atoms with van der Waals surface area (Å²) in [7, 11) is 0. The summed E-state index contributed by atoms with van der Waals surface area (Å²) < 4.78 is 5.58. The molecule has 1 heterocycles. The Bertz CT molecular complexity index is 752. The van der Waals surface area contributed by atoms with E-state index in [1.165, 1.54) is 0 Å². The van der Waals surface area contributed by atoms with Crippen molar-refractivity contribution in [2.75, 3.05) is 11.1 Å². The third-order valence-corrected chi connectivity index (χ3v) is 3.09. The summed E-state index contributed by atoms with van der Waals surface area (Å²) in [4.78, 5) is 4.32. The number of oxazole rings is 1. The minimum atomic E-state index is 0.395. The maximum absolute atomic E-state index is 6.15. The van der Waals surface area contributed by atoms with E-state index in [-0.39, 0.29) is 0 Å². The molecule has 1 aromatic heterocycles. The highest BCUT2D eigenvalue weighted by Crippen LogP contribution is 2.28. The summed E-state index contributed by atoms with van der Waals surface area (Å²) in [6, 6.07) is 11.5. The average Bonchev–Trinajstić information content (AvgIpc) is 2.74. The number of benzene rings is 2. The van der Waals surface area contributed by atoms with Crippen LogP contribution in [0.1, 0.15) is 5.56 Å². The highest BCUT2D eigenvalue weighted by molar-refractivity contribution is 6.33. The molecule has 0 aliphatic heterocycles. The maximum atomic E-state index is 6.15. The van der Waals surface area contributed by atoms with Gasteiger partial charge in [0.05, 0.1) is 10.7 Å². The molecule has 5 heteroatoms. The van der Waals surface area contributed by atoms with Crippen LogP contribution in [-0.4, -0.2) is 4.98 Å². The van der Waals surface area contributed by atoms with Crippen molar-refractivity contribution in [3.8, 4) is 0 Å². The third kappa shape index (κ3) is 2.35. The molecule has 0 saturated heterocycles. The van der Waals surface area contributed by atoms with Gasteiger partial charge in [-0.2, -0.15) is 4.98 Å². The zero-order valence-electron chi connectivity index (χ0n) is 10.3. The molecule has 3 aromatic rings. The third-order valence-electron chi connectivity index (χ3n) is 2.78. The van der Waals surface area contributed by atoms with Crippen LogP contribution in [0.25, 0.3) is 11.1 Å². The summed E-state index contributed by atoms with van der Waals surface area (Å²) >= 11 is 6.15. The molecule has 3 N–H and O–H groups in total. The van der Waals surface area contributed by atoms with E-state index in [1.807, 2.05) is 25.1 Å². The van der Waals surface area contributed by atoms with Gasteiger partial charge in [-0.15, -0.1) is 0 Å². The second kappa shape index (κ2) is 4.48. The number of nitrogens with zero attached hydrogens (tertiary/aromatic N) is 1. The van der Waals surface area contributed by atoms with E-state index in [0.29, 0.717) is 27.8 Å². The fourth-order valence-electron chi connectivity index (χ4n) is 1.83. The number of rotatable bonds is 2. The van der Waals surface area contributed by atoms with Crippen LogP contribution in [0.5, 0.6) is 0 Å². The van der Waals surface area contributed by atoms with E-state index < -0.39 is 0 Å². The Labute approximate surface area is 115 Å². The van der Waals surface area contributed by atoms with Crippen molar-refractivity contribution in [3.05, 3.63) is 47.0 Å². The Morgan fingerprint density at radius 2 is 2.05 bits per heavy atom. The van der Waals surface area contributed by atoms with Gasteiger partial charge < -0.3 is 15.5 Å². The first kappa shape index (κ1) is 11.9. The standard InChI is InChI=1S/C14H12ClN3O/c1-8-2-4-11(10(15)6-8)17-14-18-12-7-9(16)3-5-13(12)19-14/h2-7H,16H2,1H3,(H,17,18). The number of aromatic nitrogens is 1. The summed E-state index contributed by atoms with van der Waals surface area (Å²) in [5, 5.41) is 3.68. The lowest BCUT2D eigenvalue weighted by Crippen LogP contribution is -1.91. The van der Waals surface area contributed by atoms with Crippen molar-refractivity contribution in [2.45, 2.75) is 6.92 Å². The van der Waals surface area contributed by atoms with Crippen LogP contribution in [0.3, 0.4) is 0 Å². The Morgan fingerprint density at radius 3 is 2.84 bits per heavy atom. The number of nitrogen functional groups attached to an aromatic ring is 1. The van der Waals surface area contributed by atoms with Gasteiger partial charge in [-0.1, -0.05) is 17.7 Å². The first-order valence-electron chi connectivity index (χ1n) is 5.81. The number of fused-ring (bicyclic) bond motifs is 1. The molecule has 96 valence electrons. The first-order valence-corrected chi connectivity index (χ1v) is 6.19. The minimum absolute atomic E-state index is 0.395. The monoisotopic (exact) mass is 273 g/mol. The molecule has 0 amide bonds. The van der Waals surface area contributed by atoms with Crippen molar-refractivity contribution in [2.24, 2.45) is 0 Å². The van der Waals surface area contributed by atoms with Gasteiger partial charge in [0, 0.05) is 5.69 Å². The van der Waals surface area contributed by atoms with Crippen molar-refractivity contribution in [1.82, 2.24) is 4.98 Å². The van der Waals surface area contributed by atoms with Gasteiger partial charge in [-0.3, -0.25) is 0 Å². The second-order valence-electron chi connectivity index (χ2n) is 4.35. The van der Waals surface area contributed by atoms with Crippen molar-refractivity contribution in [1.29, 1.82) is 0 Å². The Morgan fingerprint density at radius 1 is 1.21 bits per heavy atom. The summed E-state index contributed by atoms with van der Waals surface area (Å²) in [6.07, 6.45) is 0. The van der Waals surface area contributed by atoms with Gasteiger partial charge in [0.1, 0.15) is 5.52 Å². The summed E-state index contributed by atoms with van der Waals surface area (Å²) in [5.41, 5.74) is 9.61. The molecule has 0 bridgehead atoms. The Kier molecular flexibility index (Phi) is 2.80. The van der Waals surface area contributed by atoms with Gasteiger partial charge in [-0.05, 0) is 42.8 Å². The van der Waals surface area contributed by atoms with Crippen LogP contribution >= 0.6 is 11.6 Å². The molecule has 3 rings (SSSR count). The molecule has 0 fully saturated rings. The summed E-state index contributed by atoms with van der Waals surface area (Å²) in [5.74, 6) is 0. The smallest absolute Gasteiger partial charge is 0.300 e. The number of anilines is 3. The normalized spacial score (nSPS) is 10.8. The van der Waals surface area contributed by atoms with E-state index in [0.717, 1.165) is 11.3 Å². The molecule has 2 aromatic carbocycles. The Balaban J connectivity index is 1.96. The van der Waals surface area contributed by atoms with E-state index in [9.17, 15) is 0 Å². The number of nitrogens with one attached hydrogen (secondary N) is 1. The van der Waals surface area contributed by atoms with Gasteiger partial charge in [0.15, 0.2) is 5.58 Å². The van der Waals surface area contributed by atoms with Gasteiger partial charge in [-0.25, -0.2) is 0 Å². The predicted molar refractivity (Wildman–Crippen MR) is 77.9 cm³/mol. The lowest BCUT2D eigenvalue weighted by Gasteiger charge is -2.04. The molecular weight excluding hydrogens is 262 g/mol. The number of halogens is 1. The first-order chi connectivity index (χ1) is 9.11. The van der Waals surface area contributed by atoms with Crippen LogP contribution in [-0.2, 0) is 0 Å². The molecule has 0 atom stereocenters. The molecule has 0 aliphatic carbocycles. The van der Waals surface area contributed by atoms with Crippen molar-refractivity contribution < 1.29 is 4.42 Å². The molecule has 0 spiro atoms. The second-order valence-corrected chi connectivity index (χ2v) is 4.76. The molecule has 19 heavy (non-hydrogen) atoms. The van der Waals surface area contributed by atoms with Crippen LogP contribution in [0.2, 0.25) is 5.02 Å². The molecule has 4 nitrogen and oxygen atoms in total. The zero-order chi connectivity index (χ0) is 13.4. The highest BCUT2D eigenvalue weighted by atomic mass is 35.5. The van der Waals surface area contributed by atoms with E-state index in [4.69, 9.17) is 21.8 Å². The zero-order valence-corrected chi connectivity index (χ0v) is 11.0. The average molecular weight is 274 g/mol. The largest absolute Gasteiger partial charge is 0.423 e. The van der Waals surface area contributed by atoms with Crippen LogP contribution in [0.15, 0.2) is 40.8 Å². The molecule has 0 unspecified atom stereocenters. The fraction of sp³-hybridized carbons (Fsp3) is 0.0714. The highest BCUT2D eigenvalue weighted by Gasteiger charge is 2.08.